The Morgan fingerprint density at radius 2 is 2.19 bits per heavy atom. The van der Waals surface area contributed by atoms with Gasteiger partial charge in [0.2, 0.25) is 10.0 Å². The van der Waals surface area contributed by atoms with Gasteiger partial charge in [-0.2, -0.15) is 0 Å². The van der Waals surface area contributed by atoms with E-state index in [0.29, 0.717) is 5.56 Å². The van der Waals surface area contributed by atoms with Crippen LogP contribution in [0.3, 0.4) is 0 Å². The molecule has 0 spiro atoms. The van der Waals surface area contributed by atoms with Crippen molar-refractivity contribution in [1.29, 1.82) is 0 Å². The summed E-state index contributed by atoms with van der Waals surface area (Å²) in [5, 5.41) is 0. The summed E-state index contributed by atoms with van der Waals surface area (Å²) in [6.07, 6.45) is 3.13. The summed E-state index contributed by atoms with van der Waals surface area (Å²) in [6, 6.07) is 6.48. The number of rotatable bonds is 7. The summed E-state index contributed by atoms with van der Waals surface area (Å²) in [5.74, 6) is -0.608. The van der Waals surface area contributed by atoms with Crippen LogP contribution in [0.5, 0.6) is 0 Å². The average molecular weight is 376 g/mol. The molecule has 0 heterocycles. The number of esters is 1. The molecule has 0 amide bonds. The zero-order chi connectivity index (χ0) is 15.9. The molecule has 5 nitrogen and oxygen atoms in total. The van der Waals surface area contributed by atoms with Gasteiger partial charge in [0.15, 0.2) is 0 Å². The first-order chi connectivity index (χ1) is 9.88. The fourth-order valence-corrected chi connectivity index (χ4v) is 3.30. The molecule has 1 unspecified atom stereocenters. The van der Waals surface area contributed by atoms with Gasteiger partial charge in [-0.15, -0.1) is 0 Å². The summed E-state index contributed by atoms with van der Waals surface area (Å²) >= 11 is 3.33. The molecule has 0 aliphatic heterocycles. The van der Waals surface area contributed by atoms with E-state index in [4.69, 9.17) is 0 Å². The van der Waals surface area contributed by atoms with Gasteiger partial charge in [-0.05, 0) is 24.6 Å². The highest BCUT2D eigenvalue weighted by Gasteiger charge is 2.22. The number of allylic oxidation sites excluding steroid dienone is 1. The van der Waals surface area contributed by atoms with Gasteiger partial charge < -0.3 is 4.74 Å². The molecule has 0 radical (unpaired) electrons. The largest absolute Gasteiger partial charge is 0.469 e. The Kier molecular flexibility index (Phi) is 7.07. The normalized spacial score (nSPS) is 13.3. The van der Waals surface area contributed by atoms with Crippen molar-refractivity contribution < 1.29 is 17.9 Å². The lowest BCUT2D eigenvalue weighted by atomic mass is 10.1. The Morgan fingerprint density at radius 3 is 2.76 bits per heavy atom. The van der Waals surface area contributed by atoms with Crippen LogP contribution in [0.1, 0.15) is 24.9 Å². The highest BCUT2D eigenvalue weighted by atomic mass is 79.9. The van der Waals surface area contributed by atoms with Gasteiger partial charge in [-0.3, -0.25) is 4.79 Å². The maximum Gasteiger partial charge on any atom is 0.307 e. The second-order valence-electron chi connectivity index (χ2n) is 4.36. The summed E-state index contributed by atoms with van der Waals surface area (Å²) in [6.45, 7) is 1.75. The maximum absolute atomic E-state index is 12.0. The average Bonchev–Trinajstić information content (AvgIpc) is 2.44. The summed E-state index contributed by atoms with van der Waals surface area (Å²) in [7, 11) is -2.25. The van der Waals surface area contributed by atoms with Crippen LogP contribution < -0.4 is 4.72 Å². The van der Waals surface area contributed by atoms with Crippen LogP contribution in [0.15, 0.2) is 40.9 Å². The van der Waals surface area contributed by atoms with Crippen LogP contribution in [0, 0.1) is 0 Å². The van der Waals surface area contributed by atoms with E-state index >= 15 is 0 Å². The van der Waals surface area contributed by atoms with Gasteiger partial charge in [0.1, 0.15) is 0 Å². The number of carbonyl (C=O) groups excluding carboxylic acids is 1. The lowest BCUT2D eigenvalue weighted by molar-refractivity contribution is -0.141. The van der Waals surface area contributed by atoms with E-state index < -0.39 is 22.0 Å². The molecule has 0 saturated heterocycles. The molecule has 0 fully saturated rings. The minimum atomic E-state index is -3.52. The summed E-state index contributed by atoms with van der Waals surface area (Å²) in [5.41, 5.74) is 0.693. The maximum atomic E-state index is 12.0. The van der Waals surface area contributed by atoms with Gasteiger partial charge in [0.05, 0.1) is 25.3 Å². The predicted octanol–water partition coefficient (Wildman–Crippen LogP) is 2.55. The monoisotopic (exact) mass is 375 g/mol. The van der Waals surface area contributed by atoms with Crippen LogP contribution >= 0.6 is 15.9 Å². The Balaban J connectivity index is 3.00. The molecule has 1 aromatic carbocycles. The van der Waals surface area contributed by atoms with Crippen molar-refractivity contribution in [3.63, 3.8) is 0 Å². The first-order valence-corrected chi connectivity index (χ1v) is 8.76. The standard InChI is InChI=1S/C14H18BrNO4S/c1-3-4-8-21(18,19)16-13(10-14(17)20-2)11-6-5-7-12(15)9-11/h3-7,9,13,16H,8,10H2,1-2H3/b4-3+. The van der Waals surface area contributed by atoms with Gasteiger partial charge in [0.25, 0.3) is 0 Å². The molecule has 1 atom stereocenters. The third-order valence-electron chi connectivity index (χ3n) is 2.72. The minimum Gasteiger partial charge on any atom is -0.469 e. The number of sulfonamides is 1. The van der Waals surface area contributed by atoms with Crippen LogP contribution in [-0.2, 0) is 19.6 Å². The Labute approximate surface area is 133 Å². The molecule has 0 saturated carbocycles. The van der Waals surface area contributed by atoms with Crippen molar-refractivity contribution in [1.82, 2.24) is 4.72 Å². The van der Waals surface area contributed by atoms with Crippen molar-refractivity contribution in [2.45, 2.75) is 19.4 Å². The number of hydrogen-bond donors (Lipinski definition) is 1. The molecule has 116 valence electrons. The van der Waals surface area contributed by atoms with Crippen molar-refractivity contribution in [3.05, 3.63) is 46.5 Å². The molecule has 0 aliphatic carbocycles. The number of methoxy groups -OCH3 is 1. The molecule has 1 aromatic rings. The van der Waals surface area contributed by atoms with E-state index in [9.17, 15) is 13.2 Å². The van der Waals surface area contributed by atoms with Gasteiger partial charge in [0, 0.05) is 4.47 Å². The lowest BCUT2D eigenvalue weighted by Crippen LogP contribution is -2.32. The van der Waals surface area contributed by atoms with Crippen LogP contribution in [0.4, 0.5) is 0 Å². The van der Waals surface area contributed by atoms with E-state index in [1.54, 1.807) is 37.3 Å². The number of nitrogens with one attached hydrogen (secondary N) is 1. The first kappa shape index (κ1) is 17.9. The smallest absolute Gasteiger partial charge is 0.307 e. The Morgan fingerprint density at radius 1 is 1.48 bits per heavy atom. The number of carbonyl (C=O) groups is 1. The van der Waals surface area contributed by atoms with Crippen LogP contribution in [0.25, 0.3) is 0 Å². The Bertz CT molecular complexity index is 613. The number of benzene rings is 1. The van der Waals surface area contributed by atoms with Crippen molar-refractivity contribution in [2.24, 2.45) is 0 Å². The van der Waals surface area contributed by atoms with Crippen molar-refractivity contribution in [2.75, 3.05) is 12.9 Å². The van der Waals surface area contributed by atoms with Gasteiger partial charge >= 0.3 is 5.97 Å². The second-order valence-corrected chi connectivity index (χ2v) is 7.07. The lowest BCUT2D eigenvalue weighted by Gasteiger charge is -2.18. The molecule has 0 aliphatic rings. The molecule has 21 heavy (non-hydrogen) atoms. The Hall–Kier alpha value is -1.18. The fourth-order valence-electron chi connectivity index (χ4n) is 1.69. The number of hydrogen-bond acceptors (Lipinski definition) is 4. The zero-order valence-electron chi connectivity index (χ0n) is 11.9. The third-order valence-corrected chi connectivity index (χ3v) is 4.49. The molecule has 1 N–H and O–H groups in total. The van der Waals surface area contributed by atoms with E-state index in [2.05, 4.69) is 25.4 Å². The SMILES string of the molecule is C/C=C/CS(=O)(=O)NC(CC(=O)OC)c1cccc(Br)c1. The predicted molar refractivity (Wildman–Crippen MR) is 85.3 cm³/mol. The van der Waals surface area contributed by atoms with Crippen LogP contribution in [0.2, 0.25) is 0 Å². The first-order valence-electron chi connectivity index (χ1n) is 6.31. The zero-order valence-corrected chi connectivity index (χ0v) is 14.3. The third kappa shape index (κ3) is 6.41. The van der Waals surface area contributed by atoms with Gasteiger partial charge in [-0.25, -0.2) is 13.1 Å². The molecule has 0 aromatic heterocycles. The number of halogens is 1. The van der Waals surface area contributed by atoms with Crippen molar-refractivity contribution in [3.8, 4) is 0 Å². The molecule has 7 heteroatoms. The molecule has 0 bridgehead atoms. The van der Waals surface area contributed by atoms with Crippen LogP contribution in [-0.4, -0.2) is 27.2 Å². The van der Waals surface area contributed by atoms with E-state index in [1.165, 1.54) is 7.11 Å². The van der Waals surface area contributed by atoms with Gasteiger partial charge in [-0.1, -0.05) is 40.2 Å². The highest BCUT2D eigenvalue weighted by Crippen LogP contribution is 2.22. The molecular formula is C14H18BrNO4S. The van der Waals surface area contributed by atoms with E-state index in [-0.39, 0.29) is 12.2 Å². The van der Waals surface area contributed by atoms with E-state index in [1.807, 2.05) is 6.07 Å². The molecular weight excluding hydrogens is 358 g/mol. The number of ether oxygens (including phenoxy) is 1. The highest BCUT2D eigenvalue weighted by molar-refractivity contribution is 9.10. The van der Waals surface area contributed by atoms with Crippen molar-refractivity contribution >= 4 is 31.9 Å². The molecule has 1 rings (SSSR count). The quantitative estimate of drug-likeness (QED) is 0.587. The van der Waals surface area contributed by atoms with E-state index in [0.717, 1.165) is 4.47 Å². The fraction of sp³-hybridized carbons (Fsp3) is 0.357. The minimum absolute atomic E-state index is 0.0674. The summed E-state index contributed by atoms with van der Waals surface area (Å²) in [4.78, 5) is 11.5. The second kappa shape index (κ2) is 8.31. The topological polar surface area (TPSA) is 72.5 Å². The summed E-state index contributed by atoms with van der Waals surface area (Å²) < 4.78 is 32.0.